The van der Waals surface area contributed by atoms with Crippen LogP contribution in [0.4, 0.5) is 34.1 Å². The molecule has 5 aliphatic rings. The van der Waals surface area contributed by atoms with Crippen LogP contribution in [-0.2, 0) is 5.41 Å². The molecule has 2 nitrogen and oxygen atoms in total. The molecule has 0 N–H and O–H groups in total. The lowest BCUT2D eigenvalue weighted by atomic mass is 9.36. The highest BCUT2D eigenvalue weighted by molar-refractivity contribution is 7.33. The standard InChI is InChI=1S/C42H37BN2S/c1-27-11-15-31(16-12-27)44-35-9-5-4-8-34(35)43-39-36(44)25-30(42-22-19-29(20-23-42)21-24-42)26-37(39)45(32-17-13-28(2)14-18-32)40-33-7-3-6-10-38(33)46-41(40)43/h3-18,25-26,29H,19-24H2,1-2H3. The molecule has 5 aromatic carbocycles. The average molecular weight is 613 g/mol. The van der Waals surface area contributed by atoms with Crippen molar-refractivity contribution in [2.75, 3.05) is 9.80 Å². The van der Waals surface area contributed by atoms with Crippen molar-refractivity contribution in [2.24, 2.45) is 5.92 Å². The SMILES string of the molecule is Cc1ccc(N2c3ccccc3B3c4sc5ccccc5c4N(c4ccc(C)cc4)c4cc(C56CCC(CC5)CC6)cc2c43)cc1. The molecule has 3 saturated carbocycles. The molecular weight excluding hydrogens is 575 g/mol. The number of thiophene rings is 1. The molecule has 3 fully saturated rings. The van der Waals surface area contributed by atoms with Gasteiger partial charge in [0.15, 0.2) is 0 Å². The van der Waals surface area contributed by atoms with Gasteiger partial charge in [-0.3, -0.25) is 0 Å². The van der Waals surface area contributed by atoms with E-state index in [-0.39, 0.29) is 12.1 Å². The third-order valence-corrected chi connectivity index (χ3v) is 13.0. The Morgan fingerprint density at radius 3 is 1.93 bits per heavy atom. The van der Waals surface area contributed by atoms with Crippen LogP contribution in [0, 0.1) is 19.8 Å². The quantitative estimate of drug-likeness (QED) is 0.183. The van der Waals surface area contributed by atoms with Gasteiger partial charge in [0, 0.05) is 43.3 Å². The third kappa shape index (κ3) is 3.77. The molecule has 224 valence electrons. The van der Waals surface area contributed by atoms with Crippen LogP contribution < -0.4 is 25.5 Å². The van der Waals surface area contributed by atoms with E-state index < -0.39 is 0 Å². The number of benzene rings is 5. The number of hydrogen-bond donors (Lipinski definition) is 0. The fraction of sp³-hybridized carbons (Fsp3) is 0.238. The largest absolute Gasteiger partial charge is 0.311 e. The van der Waals surface area contributed by atoms with E-state index in [0.717, 1.165) is 5.92 Å². The predicted octanol–water partition coefficient (Wildman–Crippen LogP) is 9.82. The molecule has 0 radical (unpaired) electrons. The Balaban J connectivity index is 1.34. The Hall–Kier alpha value is -4.28. The maximum Gasteiger partial charge on any atom is 0.264 e. The minimum atomic E-state index is 0.186. The van der Waals surface area contributed by atoms with Crippen molar-refractivity contribution in [3.63, 3.8) is 0 Å². The lowest BCUT2D eigenvalue weighted by molar-refractivity contribution is 0.136. The Kier molecular flexibility index (Phi) is 5.77. The molecule has 0 unspecified atom stereocenters. The van der Waals surface area contributed by atoms with Crippen LogP contribution in [0.3, 0.4) is 0 Å². The Labute approximate surface area is 276 Å². The van der Waals surface area contributed by atoms with E-state index in [1.54, 1.807) is 5.56 Å². The summed E-state index contributed by atoms with van der Waals surface area (Å²) in [4.78, 5) is 5.23. The van der Waals surface area contributed by atoms with Gasteiger partial charge in [-0.1, -0.05) is 71.8 Å². The highest BCUT2D eigenvalue weighted by Crippen LogP contribution is 2.55. The van der Waals surface area contributed by atoms with E-state index in [1.807, 2.05) is 11.3 Å². The predicted molar refractivity (Wildman–Crippen MR) is 198 cm³/mol. The molecule has 11 rings (SSSR count). The summed E-state index contributed by atoms with van der Waals surface area (Å²) in [5.74, 6) is 0.932. The molecule has 0 spiro atoms. The molecule has 2 bridgehead atoms. The van der Waals surface area contributed by atoms with Crippen molar-refractivity contribution in [1.29, 1.82) is 0 Å². The van der Waals surface area contributed by atoms with Crippen molar-refractivity contribution in [1.82, 2.24) is 0 Å². The van der Waals surface area contributed by atoms with E-state index in [1.165, 1.54) is 110 Å². The van der Waals surface area contributed by atoms with Gasteiger partial charge in [0.1, 0.15) is 0 Å². The van der Waals surface area contributed by atoms with Gasteiger partial charge in [-0.05, 0) is 129 Å². The molecule has 0 amide bonds. The smallest absolute Gasteiger partial charge is 0.264 e. The molecule has 0 saturated heterocycles. The number of fused-ring (bicyclic) bond motifs is 9. The second-order valence-corrected chi connectivity index (χ2v) is 15.4. The highest BCUT2D eigenvalue weighted by atomic mass is 32.1. The fourth-order valence-corrected chi connectivity index (χ4v) is 10.6. The van der Waals surface area contributed by atoms with Gasteiger partial charge in [0.25, 0.3) is 6.71 Å². The summed E-state index contributed by atoms with van der Waals surface area (Å²) in [6, 6.07) is 42.0. The highest BCUT2D eigenvalue weighted by Gasteiger charge is 2.48. The molecule has 6 aromatic rings. The second kappa shape index (κ2) is 9.86. The molecular formula is C42H37BN2S. The normalized spacial score (nSPS) is 20.9. The molecule has 3 aliphatic carbocycles. The van der Waals surface area contributed by atoms with Gasteiger partial charge in [-0.15, -0.1) is 11.3 Å². The first-order valence-corrected chi connectivity index (χ1v) is 17.9. The molecule has 0 atom stereocenters. The van der Waals surface area contributed by atoms with Crippen LogP contribution in [0.25, 0.3) is 10.1 Å². The van der Waals surface area contributed by atoms with Crippen LogP contribution in [0.15, 0.2) is 109 Å². The van der Waals surface area contributed by atoms with Gasteiger partial charge in [-0.2, -0.15) is 0 Å². The number of anilines is 6. The summed E-state index contributed by atoms with van der Waals surface area (Å²) in [6.07, 6.45) is 8.08. The third-order valence-electron chi connectivity index (χ3n) is 11.8. The second-order valence-electron chi connectivity index (χ2n) is 14.3. The average Bonchev–Trinajstić information content (AvgIpc) is 3.49. The van der Waals surface area contributed by atoms with Crippen molar-refractivity contribution < 1.29 is 0 Å². The first-order chi connectivity index (χ1) is 22.6. The van der Waals surface area contributed by atoms with Crippen LogP contribution in [0.5, 0.6) is 0 Å². The van der Waals surface area contributed by atoms with E-state index in [9.17, 15) is 0 Å². The summed E-state index contributed by atoms with van der Waals surface area (Å²) in [5, 5.41) is 1.36. The molecule has 46 heavy (non-hydrogen) atoms. The van der Waals surface area contributed by atoms with Crippen molar-refractivity contribution in [3.05, 3.63) is 126 Å². The zero-order valence-corrected chi connectivity index (χ0v) is 27.4. The van der Waals surface area contributed by atoms with E-state index in [0.29, 0.717) is 0 Å². The molecule has 2 aliphatic heterocycles. The Morgan fingerprint density at radius 1 is 0.652 bits per heavy atom. The van der Waals surface area contributed by atoms with E-state index in [2.05, 4.69) is 133 Å². The molecule has 4 heteroatoms. The van der Waals surface area contributed by atoms with Crippen LogP contribution >= 0.6 is 11.3 Å². The molecule has 1 aromatic heterocycles. The Morgan fingerprint density at radius 2 is 1.24 bits per heavy atom. The van der Waals surface area contributed by atoms with Crippen LogP contribution in [0.2, 0.25) is 0 Å². The fourth-order valence-electron chi connectivity index (χ4n) is 9.30. The number of aryl methyl sites for hydroxylation is 2. The van der Waals surface area contributed by atoms with Crippen molar-refractivity contribution in [3.8, 4) is 0 Å². The number of nitrogens with zero attached hydrogens (tertiary/aromatic N) is 2. The first kappa shape index (κ1) is 26.9. The summed E-state index contributed by atoms with van der Waals surface area (Å²) >= 11 is 1.98. The van der Waals surface area contributed by atoms with Gasteiger partial charge >= 0.3 is 0 Å². The molecule has 3 heterocycles. The monoisotopic (exact) mass is 612 g/mol. The number of para-hydroxylation sites is 1. The zero-order valence-electron chi connectivity index (χ0n) is 26.6. The lowest BCUT2D eigenvalue weighted by Crippen LogP contribution is -2.60. The van der Waals surface area contributed by atoms with Gasteiger partial charge in [0.2, 0.25) is 0 Å². The Bertz CT molecular complexity index is 2140. The topological polar surface area (TPSA) is 6.48 Å². The minimum absolute atomic E-state index is 0.186. The number of rotatable bonds is 3. The van der Waals surface area contributed by atoms with Crippen LogP contribution in [-0.4, -0.2) is 6.71 Å². The maximum absolute atomic E-state index is 2.65. The zero-order chi connectivity index (χ0) is 30.6. The first-order valence-electron chi connectivity index (χ1n) is 17.1. The van der Waals surface area contributed by atoms with Gasteiger partial charge in [0.05, 0.1) is 5.69 Å². The summed E-state index contributed by atoms with van der Waals surface area (Å²) in [6.45, 7) is 4.57. The number of hydrogen-bond acceptors (Lipinski definition) is 3. The van der Waals surface area contributed by atoms with Crippen LogP contribution in [0.1, 0.15) is 55.2 Å². The van der Waals surface area contributed by atoms with Crippen molar-refractivity contribution >= 4 is 78.0 Å². The maximum atomic E-state index is 2.65. The summed E-state index contributed by atoms with van der Waals surface area (Å²) in [7, 11) is 0. The van der Waals surface area contributed by atoms with Gasteiger partial charge in [-0.25, -0.2) is 0 Å². The van der Waals surface area contributed by atoms with Gasteiger partial charge < -0.3 is 9.80 Å². The van der Waals surface area contributed by atoms with Crippen molar-refractivity contribution in [2.45, 2.75) is 57.8 Å². The lowest BCUT2D eigenvalue weighted by Gasteiger charge is -2.49. The summed E-state index contributed by atoms with van der Waals surface area (Å²) in [5.41, 5.74) is 15.1. The van der Waals surface area contributed by atoms with E-state index >= 15 is 0 Å². The summed E-state index contributed by atoms with van der Waals surface area (Å²) < 4.78 is 2.82. The minimum Gasteiger partial charge on any atom is -0.311 e. The van der Waals surface area contributed by atoms with E-state index in [4.69, 9.17) is 0 Å².